The van der Waals surface area contributed by atoms with Crippen molar-refractivity contribution in [2.24, 2.45) is 5.73 Å². The van der Waals surface area contributed by atoms with E-state index in [0.29, 0.717) is 0 Å². The molecule has 0 bridgehead atoms. The second kappa shape index (κ2) is 6.04. The molecule has 23 heavy (non-hydrogen) atoms. The number of carbonyl (C=O) groups is 1. The third-order valence-electron chi connectivity index (χ3n) is 3.73. The third-order valence-corrected chi connectivity index (χ3v) is 4.91. The van der Waals surface area contributed by atoms with E-state index in [9.17, 15) is 4.79 Å². The number of rotatable bonds is 5. The van der Waals surface area contributed by atoms with E-state index >= 15 is 0 Å². The molecule has 0 fully saturated rings. The number of hydrogen-bond acceptors (Lipinski definition) is 4. The molecular weight excluding hydrogens is 310 g/mol. The molecule has 3 aromatic rings. The summed E-state index contributed by atoms with van der Waals surface area (Å²) in [5, 5.41) is 1.12. The number of nitrogens with one attached hydrogen (secondary N) is 1. The number of fused-ring (bicyclic) bond motifs is 1. The van der Waals surface area contributed by atoms with Crippen LogP contribution in [0.2, 0.25) is 0 Å². The van der Waals surface area contributed by atoms with Crippen molar-refractivity contribution in [1.82, 2.24) is 9.97 Å². The maximum absolute atomic E-state index is 10.9. The van der Waals surface area contributed by atoms with Gasteiger partial charge in [0.15, 0.2) is 0 Å². The molecule has 0 saturated carbocycles. The molecule has 3 rings (SSSR count). The summed E-state index contributed by atoms with van der Waals surface area (Å²) in [6.07, 6.45) is 4.61. The molecule has 0 aliphatic carbocycles. The number of carbonyl (C=O) groups excluding carboxylic acids is 1. The fourth-order valence-electron chi connectivity index (χ4n) is 2.56. The molecule has 0 saturated heterocycles. The summed E-state index contributed by atoms with van der Waals surface area (Å²) in [7, 11) is 0. The Morgan fingerprint density at radius 2 is 2.22 bits per heavy atom. The summed E-state index contributed by atoms with van der Waals surface area (Å²) in [5.41, 5.74) is 6.61. The Balaban J connectivity index is 1.75. The molecule has 0 atom stereocenters. The molecule has 6 heteroatoms. The van der Waals surface area contributed by atoms with Crippen molar-refractivity contribution in [3.8, 4) is 10.4 Å². The predicted molar refractivity (Wildman–Crippen MR) is 92.5 cm³/mol. The van der Waals surface area contributed by atoms with E-state index in [2.05, 4.69) is 28.2 Å². The molecule has 0 aliphatic heterocycles. The number of primary amides is 1. The van der Waals surface area contributed by atoms with Crippen molar-refractivity contribution in [3.63, 3.8) is 0 Å². The summed E-state index contributed by atoms with van der Waals surface area (Å²) in [6, 6.07) is 8.25. The lowest BCUT2D eigenvalue weighted by molar-refractivity contribution is 0.0396. The molecular formula is C17H19N3O2S. The molecule has 3 N–H and O–H groups in total. The van der Waals surface area contributed by atoms with Crippen molar-refractivity contribution < 1.29 is 9.53 Å². The van der Waals surface area contributed by atoms with Crippen LogP contribution in [0.3, 0.4) is 0 Å². The van der Waals surface area contributed by atoms with Crippen molar-refractivity contribution in [1.29, 1.82) is 0 Å². The number of aryl methyl sites for hydroxylation is 1. The van der Waals surface area contributed by atoms with Crippen molar-refractivity contribution in [2.45, 2.75) is 32.3 Å². The van der Waals surface area contributed by atoms with Gasteiger partial charge >= 0.3 is 6.09 Å². The van der Waals surface area contributed by atoms with Gasteiger partial charge in [0.25, 0.3) is 0 Å². The predicted octanol–water partition coefficient (Wildman–Crippen LogP) is 4.10. The third kappa shape index (κ3) is 3.53. The van der Waals surface area contributed by atoms with Crippen LogP contribution in [0.5, 0.6) is 0 Å². The SMILES string of the molecule is CC(C)(CCc1ccc(-c2c[nH]c3ncccc23)s1)OC(N)=O. The van der Waals surface area contributed by atoms with Crippen LogP contribution >= 0.6 is 11.3 Å². The summed E-state index contributed by atoms with van der Waals surface area (Å²) in [5.74, 6) is 0. The number of H-pyrrole nitrogens is 1. The fourth-order valence-corrected chi connectivity index (χ4v) is 3.60. The first-order valence-electron chi connectivity index (χ1n) is 7.44. The number of aromatic nitrogens is 2. The molecule has 5 nitrogen and oxygen atoms in total. The zero-order valence-electron chi connectivity index (χ0n) is 13.1. The number of nitrogens with two attached hydrogens (primary N) is 1. The van der Waals surface area contributed by atoms with Gasteiger partial charge in [0.05, 0.1) is 0 Å². The zero-order chi connectivity index (χ0) is 16.4. The van der Waals surface area contributed by atoms with E-state index in [1.165, 1.54) is 9.75 Å². The van der Waals surface area contributed by atoms with Gasteiger partial charge in [-0.1, -0.05) is 0 Å². The van der Waals surface area contributed by atoms with E-state index in [-0.39, 0.29) is 0 Å². The number of pyridine rings is 1. The summed E-state index contributed by atoms with van der Waals surface area (Å²) in [6.45, 7) is 3.75. The van der Waals surface area contributed by atoms with Gasteiger partial charge in [-0.15, -0.1) is 11.3 Å². The lowest BCUT2D eigenvalue weighted by Crippen LogP contribution is -2.31. The van der Waals surface area contributed by atoms with Crippen LogP contribution in [0.1, 0.15) is 25.1 Å². The highest BCUT2D eigenvalue weighted by molar-refractivity contribution is 7.15. The van der Waals surface area contributed by atoms with Gasteiger partial charge < -0.3 is 15.5 Å². The van der Waals surface area contributed by atoms with Crippen LogP contribution in [0.25, 0.3) is 21.5 Å². The van der Waals surface area contributed by atoms with Gasteiger partial charge in [-0.3, -0.25) is 0 Å². The van der Waals surface area contributed by atoms with E-state index in [4.69, 9.17) is 10.5 Å². The maximum Gasteiger partial charge on any atom is 0.405 e. The molecule has 3 aromatic heterocycles. The lowest BCUT2D eigenvalue weighted by atomic mass is 10.0. The first-order chi connectivity index (χ1) is 10.9. The summed E-state index contributed by atoms with van der Waals surface area (Å²) in [4.78, 5) is 20.9. The highest BCUT2D eigenvalue weighted by atomic mass is 32.1. The zero-order valence-corrected chi connectivity index (χ0v) is 13.9. The summed E-state index contributed by atoms with van der Waals surface area (Å²) < 4.78 is 5.13. The monoisotopic (exact) mass is 329 g/mol. The molecule has 0 aromatic carbocycles. The van der Waals surface area contributed by atoms with E-state index in [1.807, 2.05) is 26.1 Å². The number of thiophene rings is 1. The Hall–Kier alpha value is -2.34. The molecule has 3 heterocycles. The molecule has 1 amide bonds. The Kier molecular flexibility index (Phi) is 4.09. The standard InChI is InChI=1S/C17H19N3O2S/c1-17(2,22-16(18)21)8-7-11-5-6-14(23-11)13-10-20-15-12(13)4-3-9-19-15/h3-6,9-10H,7-8H2,1-2H3,(H2,18,21)(H,19,20). The Bertz CT molecular complexity index is 835. The van der Waals surface area contributed by atoms with Crippen LogP contribution in [-0.2, 0) is 11.2 Å². The lowest BCUT2D eigenvalue weighted by Gasteiger charge is -2.23. The Labute approximate surface area is 138 Å². The van der Waals surface area contributed by atoms with E-state index in [0.717, 1.165) is 29.4 Å². The van der Waals surface area contributed by atoms with Crippen LogP contribution in [-0.4, -0.2) is 21.7 Å². The van der Waals surface area contributed by atoms with Gasteiger partial charge in [-0.2, -0.15) is 0 Å². The minimum absolute atomic E-state index is 0.555. The van der Waals surface area contributed by atoms with E-state index in [1.54, 1.807) is 17.5 Å². The largest absolute Gasteiger partial charge is 0.444 e. The quantitative estimate of drug-likeness (QED) is 0.739. The molecule has 0 aliphatic rings. The van der Waals surface area contributed by atoms with Crippen LogP contribution in [0.15, 0.2) is 36.7 Å². The van der Waals surface area contributed by atoms with Gasteiger partial charge in [-0.25, -0.2) is 9.78 Å². The van der Waals surface area contributed by atoms with Gasteiger partial charge in [0, 0.05) is 33.1 Å². The van der Waals surface area contributed by atoms with Crippen LogP contribution in [0.4, 0.5) is 4.79 Å². The number of hydrogen-bond donors (Lipinski definition) is 2. The molecule has 0 unspecified atom stereocenters. The van der Waals surface area contributed by atoms with Gasteiger partial charge in [0.1, 0.15) is 11.2 Å². The molecule has 0 spiro atoms. The topological polar surface area (TPSA) is 81.0 Å². The van der Waals surface area contributed by atoms with Gasteiger partial charge in [-0.05, 0) is 51.0 Å². The summed E-state index contributed by atoms with van der Waals surface area (Å²) >= 11 is 1.75. The number of nitrogens with zero attached hydrogens (tertiary/aromatic N) is 1. The Morgan fingerprint density at radius 3 is 3.00 bits per heavy atom. The number of ether oxygens (including phenoxy) is 1. The Morgan fingerprint density at radius 1 is 1.39 bits per heavy atom. The maximum atomic E-state index is 10.9. The van der Waals surface area contributed by atoms with Crippen molar-refractivity contribution in [3.05, 3.63) is 41.5 Å². The normalized spacial score (nSPS) is 11.7. The highest BCUT2D eigenvalue weighted by Gasteiger charge is 2.21. The fraction of sp³-hybridized carbons (Fsp3) is 0.294. The second-order valence-electron chi connectivity index (χ2n) is 6.05. The second-order valence-corrected chi connectivity index (χ2v) is 7.22. The van der Waals surface area contributed by atoms with Crippen molar-refractivity contribution >= 4 is 28.5 Å². The van der Waals surface area contributed by atoms with E-state index < -0.39 is 11.7 Å². The molecule has 0 radical (unpaired) electrons. The van der Waals surface area contributed by atoms with Crippen LogP contribution in [0, 0.1) is 0 Å². The average molecular weight is 329 g/mol. The minimum Gasteiger partial charge on any atom is -0.444 e. The smallest absolute Gasteiger partial charge is 0.405 e. The van der Waals surface area contributed by atoms with Gasteiger partial charge in [0.2, 0.25) is 0 Å². The van der Waals surface area contributed by atoms with Crippen LogP contribution < -0.4 is 5.73 Å². The first kappa shape index (κ1) is 15.6. The average Bonchev–Trinajstić information content (AvgIpc) is 3.10. The molecule has 120 valence electrons. The number of amides is 1. The first-order valence-corrected chi connectivity index (χ1v) is 8.26. The minimum atomic E-state index is -0.729. The van der Waals surface area contributed by atoms with Crippen molar-refractivity contribution in [2.75, 3.05) is 0 Å². The number of aromatic amines is 1. The highest BCUT2D eigenvalue weighted by Crippen LogP contribution is 2.34.